The zero-order chi connectivity index (χ0) is 49.8. The smallest absolute Gasteiger partial charge is 0.123 e. The Hall–Kier alpha value is -6.46. The van der Waals surface area contributed by atoms with Gasteiger partial charge < -0.3 is 67.1 Å². The van der Waals surface area contributed by atoms with Gasteiger partial charge in [0.25, 0.3) is 0 Å². The molecule has 70 heavy (non-hydrogen) atoms. The largest absolute Gasteiger partial charge is 0.497 e. The zero-order valence-corrected chi connectivity index (χ0v) is 42.4. The number of aliphatic hydroxyl groups excluding tert-OH is 2. The molecule has 2 atom stereocenters. The van der Waals surface area contributed by atoms with Crippen LogP contribution in [-0.2, 0) is 37.9 Å². The quantitative estimate of drug-likeness (QED) is 0.0458. The third-order valence-electron chi connectivity index (χ3n) is 10.7. The summed E-state index contributed by atoms with van der Waals surface area (Å²) in [6.45, 7) is 1.01. The highest BCUT2D eigenvalue weighted by Gasteiger charge is 2.18. The highest BCUT2D eigenvalue weighted by atomic mass is 32.2. The van der Waals surface area contributed by atoms with E-state index in [-0.39, 0.29) is 26.4 Å². The average Bonchev–Trinajstić information content (AvgIpc) is 3.39. The Morgan fingerprint density at radius 2 is 0.471 bits per heavy atom. The fourth-order valence-electron chi connectivity index (χ4n) is 7.04. The van der Waals surface area contributed by atoms with Gasteiger partial charge in [-0.25, -0.2) is 0 Å². The molecular weight excluding hydrogens is 937 g/mol. The van der Waals surface area contributed by atoms with Gasteiger partial charge in [0.05, 0.1) is 69.1 Å². The molecule has 0 fully saturated rings. The second-order valence-electron chi connectivity index (χ2n) is 15.8. The van der Waals surface area contributed by atoms with Crippen LogP contribution in [0.5, 0.6) is 69.0 Å². The molecule has 0 saturated heterocycles. The van der Waals surface area contributed by atoms with Crippen LogP contribution >= 0.6 is 23.5 Å². The Balaban J connectivity index is 1.09. The summed E-state index contributed by atoms with van der Waals surface area (Å²) in [6, 6.07) is 33.8. The summed E-state index contributed by atoms with van der Waals surface area (Å²) in [4.78, 5) is 0. The Labute approximate surface area is 418 Å². The maximum atomic E-state index is 11.1. The van der Waals surface area contributed by atoms with Crippen molar-refractivity contribution in [3.63, 3.8) is 0 Å². The van der Waals surface area contributed by atoms with E-state index in [0.717, 1.165) is 33.4 Å². The van der Waals surface area contributed by atoms with Crippen molar-refractivity contribution in [1.82, 2.24) is 0 Å². The maximum Gasteiger partial charge on any atom is 0.123 e. The molecule has 0 aliphatic rings. The topological polar surface area (TPSA) is 151 Å². The van der Waals surface area contributed by atoms with Gasteiger partial charge >= 0.3 is 0 Å². The molecule has 0 aliphatic carbocycles. The minimum Gasteiger partial charge on any atom is -0.497 e. The van der Waals surface area contributed by atoms with E-state index in [0.29, 0.717) is 92.0 Å². The number of hydrogen-bond donors (Lipinski definition) is 2. The zero-order valence-electron chi connectivity index (χ0n) is 40.8. The number of rotatable bonds is 29. The molecule has 6 aromatic rings. The number of thioether (sulfide) groups is 2. The summed E-state index contributed by atoms with van der Waals surface area (Å²) in [6.07, 6.45) is -1.96. The van der Waals surface area contributed by atoms with Crippen LogP contribution in [-0.4, -0.2) is 90.8 Å². The Morgan fingerprint density at radius 3 is 0.671 bits per heavy atom. The van der Waals surface area contributed by atoms with Crippen molar-refractivity contribution in [2.24, 2.45) is 0 Å². The first-order valence-corrected chi connectivity index (χ1v) is 24.5. The summed E-state index contributed by atoms with van der Waals surface area (Å²) >= 11 is 3.00. The summed E-state index contributed by atoms with van der Waals surface area (Å²) in [5.41, 5.74) is 5.28. The number of ether oxygens (including phenoxy) is 12. The SMILES string of the molecule is COc1cc(COc2cc(CSCC(O)C(O)CSCc3cc(OCc4cc(OC)cc(OC)c4)cc(OCc4cc(OC)cc(OC)c4)c3)cc(OCc3cc(OC)cc(OC)c3)c2)cc(OC)c1. The highest BCUT2D eigenvalue weighted by Crippen LogP contribution is 2.33. The van der Waals surface area contributed by atoms with Crippen molar-refractivity contribution in [2.45, 2.75) is 50.1 Å². The van der Waals surface area contributed by atoms with Gasteiger partial charge in [-0.1, -0.05) is 0 Å². The summed E-state index contributed by atoms with van der Waals surface area (Å²) < 4.78 is 68.8. The van der Waals surface area contributed by atoms with E-state index >= 15 is 0 Å². The monoisotopic (exact) mass is 998 g/mol. The average molecular weight is 999 g/mol. The molecule has 0 radical (unpaired) electrons. The lowest BCUT2D eigenvalue weighted by atomic mass is 10.2. The number of benzene rings is 6. The van der Waals surface area contributed by atoms with E-state index in [1.54, 1.807) is 81.1 Å². The molecule has 2 N–H and O–H groups in total. The molecular formula is C54H62O14S2. The van der Waals surface area contributed by atoms with Crippen LogP contribution in [0.4, 0.5) is 0 Å². The second-order valence-corrected chi connectivity index (χ2v) is 17.9. The molecule has 0 aliphatic heterocycles. The van der Waals surface area contributed by atoms with Gasteiger partial charge in [0, 0.05) is 59.4 Å². The minimum absolute atomic E-state index is 0.253. The second kappa shape index (κ2) is 27.1. The molecule has 0 saturated carbocycles. The number of hydrogen-bond acceptors (Lipinski definition) is 16. The Bertz CT molecular complexity index is 2170. The number of aliphatic hydroxyl groups is 2. The Kier molecular flexibility index (Phi) is 20.5. The lowest BCUT2D eigenvalue weighted by molar-refractivity contribution is 0.0500. The molecule has 0 spiro atoms. The molecule has 374 valence electrons. The van der Waals surface area contributed by atoms with Crippen molar-refractivity contribution < 1.29 is 67.1 Å². The predicted octanol–water partition coefficient (Wildman–Crippen LogP) is 9.96. The van der Waals surface area contributed by atoms with Crippen molar-refractivity contribution in [2.75, 3.05) is 68.4 Å². The normalized spacial score (nSPS) is 11.7. The van der Waals surface area contributed by atoms with E-state index in [1.165, 1.54) is 23.5 Å². The van der Waals surface area contributed by atoms with E-state index in [9.17, 15) is 10.2 Å². The molecule has 0 amide bonds. The summed E-state index contributed by atoms with van der Waals surface area (Å²) in [7, 11) is 12.8. The fraction of sp³-hybridized carbons (Fsp3) is 0.333. The standard InChI is InChI=1S/C54H62O14S2/c1-57-41-9-35(10-42(21-41)58-2)27-65-49-17-39(18-50(25-49)66-28-36-11-43(59-3)22-44(12-36)60-4)31-69-33-53(55)54(56)34-70-32-40-19-51(67-29-37-13-45(61-5)23-46(14-37)62-6)26-52(20-40)68-30-38-15-47(63-7)24-48(16-38)64-8/h9-26,53-56H,27-34H2,1-8H3. The van der Waals surface area contributed by atoms with Gasteiger partial charge in [-0.15, -0.1) is 0 Å². The molecule has 0 heterocycles. The first-order valence-electron chi connectivity index (χ1n) is 22.2. The third-order valence-corrected chi connectivity index (χ3v) is 12.9. The highest BCUT2D eigenvalue weighted by molar-refractivity contribution is 7.98. The van der Waals surface area contributed by atoms with Gasteiger partial charge in [-0.3, -0.25) is 0 Å². The van der Waals surface area contributed by atoms with Crippen LogP contribution in [0.1, 0.15) is 33.4 Å². The first-order chi connectivity index (χ1) is 34.0. The summed E-state index contributed by atoms with van der Waals surface area (Å²) in [5.74, 6) is 9.26. The third kappa shape index (κ3) is 16.3. The molecule has 16 heteroatoms. The van der Waals surface area contributed by atoms with E-state index in [2.05, 4.69) is 0 Å². The Morgan fingerprint density at radius 1 is 0.286 bits per heavy atom. The first kappa shape index (κ1) is 52.9. The van der Waals surface area contributed by atoms with E-state index in [1.807, 2.05) is 84.9 Å². The van der Waals surface area contributed by atoms with E-state index < -0.39 is 12.2 Å². The van der Waals surface area contributed by atoms with Crippen LogP contribution in [0, 0.1) is 0 Å². The van der Waals surface area contributed by atoms with Gasteiger partial charge in [0.2, 0.25) is 0 Å². The van der Waals surface area contributed by atoms with Crippen LogP contribution in [0.15, 0.2) is 109 Å². The van der Waals surface area contributed by atoms with Crippen molar-refractivity contribution in [3.05, 3.63) is 143 Å². The molecule has 0 bridgehead atoms. The molecule has 14 nitrogen and oxygen atoms in total. The van der Waals surface area contributed by atoms with E-state index in [4.69, 9.17) is 56.8 Å². The van der Waals surface area contributed by atoms with Crippen LogP contribution in [0.3, 0.4) is 0 Å². The summed E-state index contributed by atoms with van der Waals surface area (Å²) in [5, 5.41) is 22.3. The number of methoxy groups -OCH3 is 8. The molecule has 0 aromatic heterocycles. The fourth-order valence-corrected chi connectivity index (χ4v) is 9.01. The molecule has 6 aromatic carbocycles. The lowest BCUT2D eigenvalue weighted by Gasteiger charge is -2.18. The van der Waals surface area contributed by atoms with Crippen LogP contribution < -0.4 is 56.8 Å². The minimum atomic E-state index is -0.980. The van der Waals surface area contributed by atoms with Crippen molar-refractivity contribution in [1.29, 1.82) is 0 Å². The van der Waals surface area contributed by atoms with Crippen LogP contribution in [0.2, 0.25) is 0 Å². The van der Waals surface area contributed by atoms with Gasteiger partial charge in [0.1, 0.15) is 95.4 Å². The molecule has 2 unspecified atom stereocenters. The van der Waals surface area contributed by atoms with Gasteiger partial charge in [-0.2, -0.15) is 23.5 Å². The maximum absolute atomic E-state index is 11.1. The van der Waals surface area contributed by atoms with Crippen molar-refractivity contribution >= 4 is 23.5 Å². The van der Waals surface area contributed by atoms with Gasteiger partial charge in [0.15, 0.2) is 0 Å². The van der Waals surface area contributed by atoms with Crippen LogP contribution in [0.25, 0.3) is 0 Å². The van der Waals surface area contributed by atoms with Crippen molar-refractivity contribution in [3.8, 4) is 69.0 Å². The predicted molar refractivity (Wildman–Crippen MR) is 273 cm³/mol. The lowest BCUT2D eigenvalue weighted by Crippen LogP contribution is -2.30. The molecule has 6 rings (SSSR count). The van der Waals surface area contributed by atoms with Gasteiger partial charge in [-0.05, 0) is 106 Å².